The van der Waals surface area contributed by atoms with Crippen molar-refractivity contribution in [1.29, 1.82) is 0 Å². The van der Waals surface area contributed by atoms with Crippen LogP contribution < -0.4 is 5.32 Å². The molecule has 2 atom stereocenters. The van der Waals surface area contributed by atoms with E-state index < -0.39 is 18.0 Å². The molecule has 0 bridgehead atoms. The van der Waals surface area contributed by atoms with E-state index in [4.69, 9.17) is 9.47 Å². The van der Waals surface area contributed by atoms with Gasteiger partial charge in [0.05, 0.1) is 4.70 Å². The number of ether oxygens (including phenoxy) is 2. The molecule has 0 aliphatic carbocycles. The molecule has 6 nitrogen and oxygen atoms in total. The molecule has 1 fully saturated rings. The number of hydrogen-bond donors (Lipinski definition) is 1. The molecule has 8 heteroatoms. The van der Waals surface area contributed by atoms with E-state index in [0.29, 0.717) is 11.3 Å². The van der Waals surface area contributed by atoms with Crippen LogP contribution >= 0.6 is 22.7 Å². The first kappa shape index (κ1) is 16.0. The van der Waals surface area contributed by atoms with Crippen LogP contribution in [0.2, 0.25) is 0 Å². The van der Waals surface area contributed by atoms with Gasteiger partial charge in [-0.05, 0) is 25.1 Å². The van der Waals surface area contributed by atoms with E-state index in [-0.39, 0.29) is 6.10 Å². The predicted octanol–water partition coefficient (Wildman–Crippen LogP) is 3.96. The molecule has 3 heterocycles. The van der Waals surface area contributed by atoms with Gasteiger partial charge in [-0.3, -0.25) is 0 Å². The summed E-state index contributed by atoms with van der Waals surface area (Å²) < 4.78 is 11.2. The van der Waals surface area contributed by atoms with Gasteiger partial charge >= 0.3 is 11.9 Å². The number of rotatable bonds is 4. The van der Waals surface area contributed by atoms with Gasteiger partial charge in [-0.1, -0.05) is 29.5 Å². The third-order valence-corrected chi connectivity index (χ3v) is 5.75. The van der Waals surface area contributed by atoms with Crippen LogP contribution in [0.4, 0.5) is 10.8 Å². The Morgan fingerprint density at radius 3 is 2.80 bits per heavy atom. The van der Waals surface area contributed by atoms with E-state index in [1.54, 1.807) is 13.0 Å². The van der Waals surface area contributed by atoms with Gasteiger partial charge < -0.3 is 14.8 Å². The van der Waals surface area contributed by atoms with Crippen molar-refractivity contribution in [3.05, 3.63) is 41.3 Å². The minimum Gasteiger partial charge on any atom is -0.460 e. The van der Waals surface area contributed by atoms with Gasteiger partial charge in [-0.2, -0.15) is 0 Å². The van der Waals surface area contributed by atoms with Gasteiger partial charge in [0.2, 0.25) is 6.10 Å². The monoisotopic (exact) mass is 374 g/mol. The first-order valence-corrected chi connectivity index (χ1v) is 9.36. The van der Waals surface area contributed by atoms with Crippen LogP contribution in [0, 0.1) is 0 Å². The minimum absolute atomic E-state index is 0.217. The lowest BCUT2D eigenvalue weighted by Crippen LogP contribution is -2.22. The largest absolute Gasteiger partial charge is 0.460 e. The van der Waals surface area contributed by atoms with Crippen molar-refractivity contribution in [2.75, 3.05) is 5.32 Å². The van der Waals surface area contributed by atoms with E-state index >= 15 is 0 Å². The summed E-state index contributed by atoms with van der Waals surface area (Å²) in [6.07, 6.45) is -0.635. The Bertz CT molecular complexity index is 903. The number of thiazole rings is 1. The molecular weight excluding hydrogens is 360 g/mol. The number of esters is 2. The van der Waals surface area contributed by atoms with Gasteiger partial charge in [0.15, 0.2) is 5.13 Å². The highest BCUT2D eigenvalue weighted by Gasteiger charge is 2.35. The van der Waals surface area contributed by atoms with Crippen LogP contribution in [0.3, 0.4) is 0 Å². The molecule has 0 saturated carbocycles. The lowest BCUT2D eigenvalue weighted by molar-refractivity contribution is -0.147. The average molecular weight is 374 g/mol. The summed E-state index contributed by atoms with van der Waals surface area (Å²) in [6.45, 7) is 1.78. The summed E-state index contributed by atoms with van der Waals surface area (Å²) in [6, 6.07) is 11.5. The first-order valence-electron chi connectivity index (χ1n) is 7.72. The molecule has 1 aliphatic heterocycles. The molecule has 0 spiro atoms. The number of cyclic esters (lactones) is 1. The van der Waals surface area contributed by atoms with Crippen LogP contribution in [0.5, 0.6) is 0 Å². The highest BCUT2D eigenvalue weighted by atomic mass is 32.1. The summed E-state index contributed by atoms with van der Waals surface area (Å²) in [4.78, 5) is 29.5. The number of para-hydroxylation sites is 1. The van der Waals surface area contributed by atoms with Crippen molar-refractivity contribution in [2.45, 2.75) is 25.6 Å². The number of aromatic nitrogens is 1. The second-order valence-electron chi connectivity index (χ2n) is 5.67. The zero-order chi connectivity index (χ0) is 17.4. The number of hydrogen-bond acceptors (Lipinski definition) is 8. The molecule has 4 rings (SSSR count). The van der Waals surface area contributed by atoms with Crippen LogP contribution in [0.25, 0.3) is 9.53 Å². The van der Waals surface area contributed by atoms with Crippen molar-refractivity contribution in [2.24, 2.45) is 0 Å². The summed E-state index contributed by atoms with van der Waals surface area (Å²) in [7, 11) is 0. The Hall–Kier alpha value is -2.45. The Morgan fingerprint density at radius 1 is 1.32 bits per heavy atom. The number of carbonyl (C=O) groups is 2. The van der Waals surface area contributed by atoms with Gasteiger partial charge in [-0.15, -0.1) is 11.3 Å². The zero-order valence-electron chi connectivity index (χ0n) is 13.2. The topological polar surface area (TPSA) is 77.5 Å². The quantitative estimate of drug-likeness (QED) is 0.697. The fraction of sp³-hybridized carbons (Fsp3) is 0.235. The minimum atomic E-state index is -0.814. The van der Waals surface area contributed by atoms with Gasteiger partial charge in [0, 0.05) is 12.1 Å². The Morgan fingerprint density at radius 2 is 2.12 bits per heavy atom. The van der Waals surface area contributed by atoms with Gasteiger partial charge in [0.1, 0.15) is 15.8 Å². The second kappa shape index (κ2) is 6.45. The third-order valence-electron chi connectivity index (χ3n) is 3.69. The molecule has 0 amide bonds. The summed E-state index contributed by atoms with van der Waals surface area (Å²) in [5, 5.41) is 4.00. The van der Waals surface area contributed by atoms with Crippen LogP contribution in [-0.4, -0.2) is 29.1 Å². The normalized spacial score (nSPS) is 19.8. The molecular formula is C17H14N2O4S2. The van der Waals surface area contributed by atoms with Gasteiger partial charge in [0.25, 0.3) is 0 Å². The standard InChI is InChI=1S/C17H14N2O4S2/c1-9-7-11(15(20)22-9)23-16(21)13-8-12-14(24-13)19-17(25-12)18-10-5-3-2-4-6-10/h2-6,8-9,11H,7H2,1H3,(H,18,19)/t9-,11-/m1/s1. The molecule has 2 aromatic heterocycles. The number of nitrogens with one attached hydrogen (secondary N) is 1. The maximum Gasteiger partial charge on any atom is 0.349 e. The fourth-order valence-corrected chi connectivity index (χ4v) is 4.56. The number of carbonyl (C=O) groups excluding carboxylic acids is 2. The third kappa shape index (κ3) is 3.35. The molecule has 3 aromatic rings. The molecule has 1 aliphatic rings. The van der Waals surface area contributed by atoms with Crippen molar-refractivity contribution in [1.82, 2.24) is 4.98 Å². The predicted molar refractivity (Wildman–Crippen MR) is 96.6 cm³/mol. The van der Waals surface area contributed by atoms with Crippen LogP contribution in [-0.2, 0) is 14.3 Å². The molecule has 1 aromatic carbocycles. The SMILES string of the molecule is C[C@@H]1C[C@@H](OC(=O)c2cc3sc(Nc4ccccc4)nc3s2)C(=O)O1. The molecule has 128 valence electrons. The van der Waals surface area contributed by atoms with Crippen LogP contribution in [0.15, 0.2) is 36.4 Å². The lowest BCUT2D eigenvalue weighted by atomic mass is 10.2. The highest BCUT2D eigenvalue weighted by Crippen LogP contribution is 2.34. The number of fused-ring (bicyclic) bond motifs is 1. The summed E-state index contributed by atoms with van der Waals surface area (Å²) in [5.74, 6) is -0.990. The van der Waals surface area contributed by atoms with Crippen molar-refractivity contribution < 1.29 is 19.1 Å². The second-order valence-corrected chi connectivity index (χ2v) is 7.73. The molecule has 1 saturated heterocycles. The number of anilines is 2. The molecule has 0 radical (unpaired) electrons. The lowest BCUT2D eigenvalue weighted by Gasteiger charge is -2.06. The maximum absolute atomic E-state index is 12.2. The highest BCUT2D eigenvalue weighted by molar-refractivity contribution is 7.29. The summed E-state index contributed by atoms with van der Waals surface area (Å²) in [5.41, 5.74) is 0.956. The van der Waals surface area contributed by atoms with E-state index in [1.165, 1.54) is 22.7 Å². The number of benzene rings is 1. The van der Waals surface area contributed by atoms with E-state index in [1.807, 2.05) is 30.3 Å². The van der Waals surface area contributed by atoms with Crippen LogP contribution in [0.1, 0.15) is 23.0 Å². The average Bonchev–Trinajstić information content (AvgIpc) is 3.22. The van der Waals surface area contributed by atoms with Crippen molar-refractivity contribution in [3.8, 4) is 0 Å². The molecule has 1 N–H and O–H groups in total. The van der Waals surface area contributed by atoms with Crippen molar-refractivity contribution in [3.63, 3.8) is 0 Å². The zero-order valence-corrected chi connectivity index (χ0v) is 14.9. The Balaban J connectivity index is 1.47. The first-order chi connectivity index (χ1) is 12.1. The van der Waals surface area contributed by atoms with E-state index in [9.17, 15) is 9.59 Å². The number of thiophene rings is 1. The molecule has 0 unspecified atom stereocenters. The summed E-state index contributed by atoms with van der Waals surface area (Å²) >= 11 is 2.72. The van der Waals surface area contributed by atoms with E-state index in [0.717, 1.165) is 20.3 Å². The Labute approximate surface area is 151 Å². The number of nitrogens with zero attached hydrogens (tertiary/aromatic N) is 1. The van der Waals surface area contributed by atoms with Gasteiger partial charge in [-0.25, -0.2) is 14.6 Å². The Kier molecular flexibility index (Phi) is 4.14. The molecule has 25 heavy (non-hydrogen) atoms. The fourth-order valence-electron chi connectivity index (χ4n) is 2.54. The maximum atomic E-state index is 12.2. The van der Waals surface area contributed by atoms with E-state index in [2.05, 4.69) is 10.3 Å². The smallest absolute Gasteiger partial charge is 0.349 e. The van der Waals surface area contributed by atoms with Crippen molar-refractivity contribution >= 4 is 55.0 Å².